The number of hydrogen-bond donors (Lipinski definition) is 3. The fourth-order valence-electron chi connectivity index (χ4n) is 4.11. The fraction of sp³-hybridized carbons (Fsp3) is 0.600. The minimum atomic E-state index is -0.0515. The van der Waals surface area contributed by atoms with Crippen molar-refractivity contribution < 1.29 is 4.79 Å². The average Bonchev–Trinajstić information content (AvgIpc) is 3.16. The quantitative estimate of drug-likeness (QED) is 0.736. The third-order valence-corrected chi connectivity index (χ3v) is 6.98. The van der Waals surface area contributed by atoms with Gasteiger partial charge in [-0.1, -0.05) is 0 Å². The Labute approximate surface area is 164 Å². The van der Waals surface area contributed by atoms with Crippen LogP contribution in [0.3, 0.4) is 0 Å². The van der Waals surface area contributed by atoms with Crippen molar-refractivity contribution in [1.82, 2.24) is 15.1 Å². The van der Waals surface area contributed by atoms with Gasteiger partial charge in [-0.05, 0) is 52.0 Å². The molecule has 2 aliphatic carbocycles. The summed E-state index contributed by atoms with van der Waals surface area (Å²) >= 11 is 1.76. The fourth-order valence-corrected chi connectivity index (χ4v) is 5.31. The summed E-state index contributed by atoms with van der Waals surface area (Å²) in [7, 11) is 1.84. The van der Waals surface area contributed by atoms with Gasteiger partial charge in [0.2, 0.25) is 0 Å². The monoisotopic (exact) mass is 387 g/mol. The van der Waals surface area contributed by atoms with E-state index in [1.807, 2.05) is 27.0 Å². The van der Waals surface area contributed by atoms with E-state index in [2.05, 4.69) is 21.8 Å². The molecule has 27 heavy (non-hydrogen) atoms. The van der Waals surface area contributed by atoms with E-state index in [0.29, 0.717) is 24.0 Å². The average molecular weight is 388 g/mol. The van der Waals surface area contributed by atoms with Crippen LogP contribution in [0.15, 0.2) is 12.1 Å². The largest absolute Gasteiger partial charge is 0.328 e. The molecule has 0 spiro atoms. The molecule has 4 N–H and O–H groups in total. The van der Waals surface area contributed by atoms with Crippen molar-refractivity contribution in [3.05, 3.63) is 33.1 Å². The topological polar surface area (TPSA) is 85.0 Å². The maximum Gasteiger partial charge on any atom is 0.257 e. The lowest BCUT2D eigenvalue weighted by molar-refractivity contribution is 0.102. The summed E-state index contributed by atoms with van der Waals surface area (Å²) in [6.07, 6.45) is 5.80. The zero-order valence-corrected chi connectivity index (χ0v) is 17.1. The molecular formula is C20H29N5OS. The normalized spacial score (nSPS) is 27.6. The Bertz CT molecular complexity index is 834. The van der Waals surface area contributed by atoms with Gasteiger partial charge in [-0.3, -0.25) is 9.48 Å². The third kappa shape index (κ3) is 4.10. The lowest BCUT2D eigenvalue weighted by Crippen LogP contribution is -2.38. The zero-order valence-electron chi connectivity index (χ0n) is 16.3. The number of aromatic nitrogens is 2. The lowest BCUT2D eigenvalue weighted by atomic mass is 9.92. The molecule has 2 aromatic heterocycles. The van der Waals surface area contributed by atoms with Crippen LogP contribution in [0.25, 0.3) is 0 Å². The molecule has 0 aromatic carbocycles. The second-order valence-electron chi connectivity index (χ2n) is 8.09. The van der Waals surface area contributed by atoms with E-state index in [4.69, 9.17) is 5.73 Å². The van der Waals surface area contributed by atoms with Crippen molar-refractivity contribution in [2.45, 2.75) is 70.0 Å². The van der Waals surface area contributed by atoms with Gasteiger partial charge in [-0.15, -0.1) is 11.3 Å². The first-order chi connectivity index (χ1) is 12.9. The van der Waals surface area contributed by atoms with Gasteiger partial charge in [0.15, 0.2) is 0 Å². The molecule has 2 aromatic rings. The van der Waals surface area contributed by atoms with Crippen LogP contribution in [-0.4, -0.2) is 33.8 Å². The van der Waals surface area contributed by atoms with E-state index < -0.39 is 0 Å². The number of amides is 1. The Balaban J connectivity index is 1.37. The maximum atomic E-state index is 12.7. The lowest BCUT2D eigenvalue weighted by Gasteiger charge is -2.27. The zero-order chi connectivity index (χ0) is 19.1. The van der Waals surface area contributed by atoms with E-state index in [1.165, 1.54) is 24.1 Å². The van der Waals surface area contributed by atoms with Gasteiger partial charge in [0, 0.05) is 46.9 Å². The number of anilines is 1. The van der Waals surface area contributed by atoms with Crippen LogP contribution in [0.2, 0.25) is 0 Å². The van der Waals surface area contributed by atoms with Crippen molar-refractivity contribution in [3.8, 4) is 0 Å². The predicted octanol–water partition coefficient (Wildman–Crippen LogP) is 3.07. The second kappa shape index (κ2) is 7.37. The molecule has 2 atom stereocenters. The molecule has 4 rings (SSSR count). The number of rotatable bonds is 5. The number of hydrogen-bond acceptors (Lipinski definition) is 5. The van der Waals surface area contributed by atoms with Crippen LogP contribution in [0.5, 0.6) is 0 Å². The molecular weight excluding hydrogens is 358 g/mol. The summed E-state index contributed by atoms with van der Waals surface area (Å²) in [6, 6.07) is 5.52. The molecule has 2 heterocycles. The molecule has 6 nitrogen and oxygen atoms in total. The van der Waals surface area contributed by atoms with E-state index in [0.717, 1.165) is 34.8 Å². The Morgan fingerprint density at radius 3 is 2.67 bits per heavy atom. The van der Waals surface area contributed by atoms with Crippen LogP contribution in [0.1, 0.15) is 63.8 Å². The Hall–Kier alpha value is -1.70. The molecule has 2 fully saturated rings. The molecule has 2 saturated carbocycles. The highest BCUT2D eigenvalue weighted by molar-refractivity contribution is 7.12. The maximum absolute atomic E-state index is 12.7. The highest BCUT2D eigenvalue weighted by atomic mass is 32.1. The highest BCUT2D eigenvalue weighted by Crippen LogP contribution is 2.45. The van der Waals surface area contributed by atoms with Crippen LogP contribution in [0, 0.1) is 13.8 Å². The van der Waals surface area contributed by atoms with Gasteiger partial charge >= 0.3 is 0 Å². The van der Waals surface area contributed by atoms with Gasteiger partial charge in [-0.2, -0.15) is 5.10 Å². The molecule has 0 bridgehead atoms. The first kappa shape index (κ1) is 18.7. The van der Waals surface area contributed by atoms with Gasteiger partial charge < -0.3 is 16.4 Å². The number of carbonyl (C=O) groups is 1. The van der Waals surface area contributed by atoms with E-state index in [9.17, 15) is 4.79 Å². The van der Waals surface area contributed by atoms with E-state index in [1.54, 1.807) is 16.0 Å². The van der Waals surface area contributed by atoms with Gasteiger partial charge in [0.25, 0.3) is 5.91 Å². The van der Waals surface area contributed by atoms with Crippen LogP contribution < -0.4 is 16.4 Å². The van der Waals surface area contributed by atoms with Crippen LogP contribution in [0.4, 0.5) is 5.82 Å². The van der Waals surface area contributed by atoms with Gasteiger partial charge in [0.05, 0.1) is 11.3 Å². The summed E-state index contributed by atoms with van der Waals surface area (Å²) < 4.78 is 1.70. The first-order valence-electron chi connectivity index (χ1n) is 9.84. The summed E-state index contributed by atoms with van der Waals surface area (Å²) in [5, 5.41) is 11.1. The third-order valence-electron chi connectivity index (χ3n) is 5.80. The van der Waals surface area contributed by atoms with E-state index in [-0.39, 0.29) is 5.91 Å². The minimum absolute atomic E-state index is 0.0515. The molecule has 0 saturated heterocycles. The Kier molecular flexibility index (Phi) is 5.09. The van der Waals surface area contributed by atoms with Crippen molar-refractivity contribution in [3.63, 3.8) is 0 Å². The molecule has 2 aliphatic rings. The molecule has 2 unspecified atom stereocenters. The molecule has 146 valence electrons. The molecule has 0 aliphatic heterocycles. The summed E-state index contributed by atoms with van der Waals surface area (Å²) in [5.74, 6) is 1.22. The van der Waals surface area contributed by atoms with Crippen LogP contribution >= 0.6 is 11.3 Å². The summed E-state index contributed by atoms with van der Waals surface area (Å²) in [5.41, 5.74) is 7.68. The SMILES string of the molecule is Cc1cc(NC(=O)c2cc(C3CC3NC3CCC(N)CC3)sc2C)n(C)n1. The number of nitrogens with two attached hydrogens (primary N) is 1. The van der Waals surface area contributed by atoms with Crippen molar-refractivity contribution in [2.24, 2.45) is 12.8 Å². The first-order valence-corrected chi connectivity index (χ1v) is 10.7. The second-order valence-corrected chi connectivity index (χ2v) is 9.38. The molecule has 1 amide bonds. The van der Waals surface area contributed by atoms with Gasteiger partial charge in [0.1, 0.15) is 5.82 Å². The molecule has 0 radical (unpaired) electrons. The number of nitrogens with one attached hydrogen (secondary N) is 2. The minimum Gasteiger partial charge on any atom is -0.328 e. The van der Waals surface area contributed by atoms with Crippen molar-refractivity contribution in [2.75, 3.05) is 5.32 Å². The number of nitrogens with zero attached hydrogens (tertiary/aromatic N) is 2. The number of aryl methyl sites for hydroxylation is 3. The number of thiophene rings is 1. The number of carbonyl (C=O) groups excluding carboxylic acids is 1. The smallest absolute Gasteiger partial charge is 0.257 e. The van der Waals surface area contributed by atoms with E-state index >= 15 is 0 Å². The van der Waals surface area contributed by atoms with Crippen molar-refractivity contribution >= 4 is 23.1 Å². The predicted molar refractivity (Wildman–Crippen MR) is 109 cm³/mol. The Morgan fingerprint density at radius 2 is 2.00 bits per heavy atom. The van der Waals surface area contributed by atoms with Crippen LogP contribution in [-0.2, 0) is 7.05 Å². The van der Waals surface area contributed by atoms with Crippen molar-refractivity contribution in [1.29, 1.82) is 0 Å². The van der Waals surface area contributed by atoms with Gasteiger partial charge in [-0.25, -0.2) is 0 Å². The Morgan fingerprint density at radius 1 is 1.26 bits per heavy atom. The summed E-state index contributed by atoms with van der Waals surface area (Å²) in [4.78, 5) is 15.1. The standard InChI is InChI=1S/C20H29N5OS/c1-11-8-19(25(3)24-11)23-20(26)15-10-18(27-12(15)2)16-9-17(16)22-14-6-4-13(21)5-7-14/h8,10,13-14,16-17,22H,4-7,9,21H2,1-3H3,(H,23,26). The summed E-state index contributed by atoms with van der Waals surface area (Å²) in [6.45, 7) is 3.95. The molecule has 7 heteroatoms. The highest BCUT2D eigenvalue weighted by Gasteiger charge is 2.41.